The Morgan fingerprint density at radius 1 is 1.35 bits per heavy atom. The predicted octanol–water partition coefficient (Wildman–Crippen LogP) is 1.19. The summed E-state index contributed by atoms with van der Waals surface area (Å²) < 4.78 is 0. The van der Waals surface area contributed by atoms with Crippen LogP contribution in [0.4, 0.5) is 5.69 Å². The van der Waals surface area contributed by atoms with Crippen LogP contribution in [-0.4, -0.2) is 41.9 Å². The van der Waals surface area contributed by atoms with Gasteiger partial charge in [0.05, 0.1) is 4.92 Å². The lowest BCUT2D eigenvalue weighted by Crippen LogP contribution is -2.32. The topological polar surface area (TPSA) is 75.5 Å². The van der Waals surface area contributed by atoms with Gasteiger partial charge in [0, 0.05) is 43.9 Å². The quantitative estimate of drug-likeness (QED) is 0.650. The summed E-state index contributed by atoms with van der Waals surface area (Å²) in [5, 5.41) is 14.2. The van der Waals surface area contributed by atoms with Gasteiger partial charge in [-0.2, -0.15) is 0 Å². The van der Waals surface area contributed by atoms with Crippen LogP contribution in [0.5, 0.6) is 0 Å². The summed E-state index contributed by atoms with van der Waals surface area (Å²) in [5.74, 6) is 0.969. The molecule has 106 valence electrons. The number of amides is 1. The van der Waals surface area contributed by atoms with Gasteiger partial charge < -0.3 is 10.2 Å². The molecular formula is C14H17N3O3. The van der Waals surface area contributed by atoms with E-state index in [4.69, 9.17) is 0 Å². The predicted molar refractivity (Wildman–Crippen MR) is 73.6 cm³/mol. The third-order valence-electron chi connectivity index (χ3n) is 4.34. The van der Waals surface area contributed by atoms with E-state index in [1.807, 2.05) is 11.8 Å². The maximum Gasteiger partial charge on any atom is 0.270 e. The number of hydrogen-bond donors (Lipinski definition) is 1. The number of nitro benzene ring substituents is 1. The zero-order valence-corrected chi connectivity index (χ0v) is 11.3. The Labute approximate surface area is 116 Å². The molecule has 0 saturated carbocycles. The van der Waals surface area contributed by atoms with E-state index in [0.29, 0.717) is 17.4 Å². The molecule has 2 unspecified atom stereocenters. The minimum atomic E-state index is -0.459. The summed E-state index contributed by atoms with van der Waals surface area (Å²) in [7, 11) is 0. The summed E-state index contributed by atoms with van der Waals surface area (Å²) >= 11 is 0. The van der Waals surface area contributed by atoms with Crippen LogP contribution in [0.1, 0.15) is 15.9 Å². The van der Waals surface area contributed by atoms with Crippen molar-refractivity contribution in [2.24, 2.45) is 11.8 Å². The van der Waals surface area contributed by atoms with Gasteiger partial charge in [0.1, 0.15) is 0 Å². The van der Waals surface area contributed by atoms with Crippen LogP contribution in [0, 0.1) is 28.9 Å². The number of carbonyl (C=O) groups excluding carboxylic acids is 1. The van der Waals surface area contributed by atoms with Crippen molar-refractivity contribution < 1.29 is 9.72 Å². The fourth-order valence-corrected chi connectivity index (χ4v) is 3.15. The average molecular weight is 275 g/mol. The molecule has 6 heteroatoms. The van der Waals surface area contributed by atoms with E-state index >= 15 is 0 Å². The summed E-state index contributed by atoms with van der Waals surface area (Å²) in [4.78, 5) is 24.8. The Hall–Kier alpha value is -1.95. The highest BCUT2D eigenvalue weighted by atomic mass is 16.6. The monoisotopic (exact) mass is 275 g/mol. The Kier molecular flexibility index (Phi) is 3.17. The first kappa shape index (κ1) is 13.1. The van der Waals surface area contributed by atoms with E-state index in [9.17, 15) is 14.9 Å². The Bertz CT molecular complexity index is 561. The van der Waals surface area contributed by atoms with E-state index in [1.54, 1.807) is 6.07 Å². The lowest BCUT2D eigenvalue weighted by atomic mass is 10.0. The first-order valence-corrected chi connectivity index (χ1v) is 6.81. The number of carbonyl (C=O) groups is 1. The molecule has 2 atom stereocenters. The molecule has 1 N–H and O–H groups in total. The van der Waals surface area contributed by atoms with Gasteiger partial charge in [0.2, 0.25) is 0 Å². The van der Waals surface area contributed by atoms with E-state index in [0.717, 1.165) is 31.7 Å². The number of benzene rings is 1. The zero-order valence-electron chi connectivity index (χ0n) is 11.3. The van der Waals surface area contributed by atoms with Crippen LogP contribution in [0.25, 0.3) is 0 Å². The number of nitrogens with one attached hydrogen (secondary N) is 1. The van der Waals surface area contributed by atoms with Crippen molar-refractivity contribution in [2.75, 3.05) is 26.2 Å². The standard InChI is InChI=1S/C14H17N3O3/c1-9-2-3-12(17(19)20)4-13(9)14(18)16-7-10-5-15-6-11(10)8-16/h2-4,10-11,15H,5-8H2,1H3. The molecule has 2 aliphatic rings. The second-order valence-electron chi connectivity index (χ2n) is 5.64. The Morgan fingerprint density at radius 2 is 2.00 bits per heavy atom. The molecule has 0 bridgehead atoms. The Morgan fingerprint density at radius 3 is 2.60 bits per heavy atom. The van der Waals surface area contributed by atoms with Crippen molar-refractivity contribution in [3.63, 3.8) is 0 Å². The fraction of sp³-hybridized carbons (Fsp3) is 0.500. The van der Waals surface area contributed by atoms with Crippen molar-refractivity contribution in [3.05, 3.63) is 39.4 Å². The van der Waals surface area contributed by atoms with Gasteiger partial charge in [-0.05, 0) is 24.3 Å². The summed E-state index contributed by atoms with van der Waals surface area (Å²) in [6, 6.07) is 4.47. The van der Waals surface area contributed by atoms with E-state index in [1.165, 1.54) is 12.1 Å². The summed E-state index contributed by atoms with van der Waals surface area (Å²) in [6.45, 7) is 5.23. The van der Waals surface area contributed by atoms with Crippen molar-refractivity contribution in [2.45, 2.75) is 6.92 Å². The molecule has 2 aliphatic heterocycles. The van der Waals surface area contributed by atoms with Gasteiger partial charge in [-0.3, -0.25) is 14.9 Å². The van der Waals surface area contributed by atoms with Crippen LogP contribution in [0.2, 0.25) is 0 Å². The number of rotatable bonds is 2. The van der Waals surface area contributed by atoms with Gasteiger partial charge in [0.15, 0.2) is 0 Å². The highest BCUT2D eigenvalue weighted by molar-refractivity contribution is 5.96. The minimum Gasteiger partial charge on any atom is -0.338 e. The number of non-ortho nitro benzene ring substituents is 1. The van der Waals surface area contributed by atoms with Crippen molar-refractivity contribution >= 4 is 11.6 Å². The van der Waals surface area contributed by atoms with Crippen LogP contribution in [-0.2, 0) is 0 Å². The molecule has 0 aromatic heterocycles. The molecule has 3 rings (SSSR count). The largest absolute Gasteiger partial charge is 0.338 e. The Balaban J connectivity index is 1.84. The maximum atomic E-state index is 12.6. The van der Waals surface area contributed by atoms with Crippen LogP contribution < -0.4 is 5.32 Å². The number of nitro groups is 1. The van der Waals surface area contributed by atoms with E-state index in [-0.39, 0.29) is 11.6 Å². The molecule has 20 heavy (non-hydrogen) atoms. The van der Waals surface area contributed by atoms with Crippen molar-refractivity contribution in [1.82, 2.24) is 10.2 Å². The molecule has 2 saturated heterocycles. The second-order valence-corrected chi connectivity index (χ2v) is 5.64. The van der Waals surface area contributed by atoms with Crippen molar-refractivity contribution in [3.8, 4) is 0 Å². The van der Waals surface area contributed by atoms with Crippen LogP contribution in [0.3, 0.4) is 0 Å². The molecule has 1 aromatic carbocycles. The zero-order chi connectivity index (χ0) is 14.3. The summed E-state index contributed by atoms with van der Waals surface area (Å²) in [5.41, 5.74) is 1.21. The SMILES string of the molecule is Cc1ccc([N+](=O)[O-])cc1C(=O)N1CC2CNCC2C1. The normalized spacial score (nSPS) is 24.8. The number of fused-ring (bicyclic) bond motifs is 1. The van der Waals surface area contributed by atoms with Gasteiger partial charge in [-0.1, -0.05) is 6.07 Å². The van der Waals surface area contributed by atoms with E-state index in [2.05, 4.69) is 5.32 Å². The first-order valence-electron chi connectivity index (χ1n) is 6.81. The smallest absolute Gasteiger partial charge is 0.270 e. The molecule has 0 radical (unpaired) electrons. The first-order chi connectivity index (χ1) is 9.56. The number of likely N-dealkylation sites (tertiary alicyclic amines) is 1. The second kappa shape index (κ2) is 4.86. The summed E-state index contributed by atoms with van der Waals surface area (Å²) in [6.07, 6.45) is 0. The molecule has 2 heterocycles. The lowest BCUT2D eigenvalue weighted by Gasteiger charge is -2.18. The molecule has 1 aromatic rings. The number of nitrogens with zero attached hydrogens (tertiary/aromatic N) is 2. The minimum absolute atomic E-state index is 0.0278. The highest BCUT2D eigenvalue weighted by Crippen LogP contribution is 2.28. The lowest BCUT2D eigenvalue weighted by molar-refractivity contribution is -0.384. The highest BCUT2D eigenvalue weighted by Gasteiger charge is 2.38. The van der Waals surface area contributed by atoms with Gasteiger partial charge in [-0.25, -0.2) is 0 Å². The molecule has 0 aliphatic carbocycles. The molecule has 1 amide bonds. The average Bonchev–Trinajstić information content (AvgIpc) is 2.98. The molecule has 6 nitrogen and oxygen atoms in total. The number of hydrogen-bond acceptors (Lipinski definition) is 4. The van der Waals surface area contributed by atoms with Gasteiger partial charge in [-0.15, -0.1) is 0 Å². The number of aryl methyl sites for hydroxylation is 1. The third kappa shape index (κ3) is 2.16. The maximum absolute atomic E-state index is 12.6. The van der Waals surface area contributed by atoms with Crippen molar-refractivity contribution in [1.29, 1.82) is 0 Å². The van der Waals surface area contributed by atoms with Gasteiger partial charge in [0.25, 0.3) is 11.6 Å². The van der Waals surface area contributed by atoms with E-state index < -0.39 is 4.92 Å². The van der Waals surface area contributed by atoms with Crippen LogP contribution in [0.15, 0.2) is 18.2 Å². The van der Waals surface area contributed by atoms with Crippen LogP contribution >= 0.6 is 0 Å². The molecule has 0 spiro atoms. The molecular weight excluding hydrogens is 258 g/mol. The molecule has 2 fully saturated rings. The van der Waals surface area contributed by atoms with Gasteiger partial charge >= 0.3 is 0 Å². The fourth-order valence-electron chi connectivity index (χ4n) is 3.15. The third-order valence-corrected chi connectivity index (χ3v) is 4.34.